The molecule has 1 atom stereocenters. The molecule has 0 heterocycles. The average Bonchev–Trinajstić information content (AvgIpc) is 2.87. The Morgan fingerprint density at radius 2 is 1.62 bits per heavy atom. The van der Waals surface area contributed by atoms with E-state index in [-0.39, 0.29) is 23.4 Å². The van der Waals surface area contributed by atoms with Crippen LogP contribution < -0.4 is 9.62 Å². The van der Waals surface area contributed by atoms with Gasteiger partial charge in [0.1, 0.15) is 12.6 Å². The number of hydrogen-bond acceptors (Lipinski definition) is 4. The van der Waals surface area contributed by atoms with E-state index in [1.807, 2.05) is 52.0 Å². The van der Waals surface area contributed by atoms with Gasteiger partial charge in [-0.05, 0) is 75.6 Å². The molecule has 9 heteroatoms. The number of amides is 2. The van der Waals surface area contributed by atoms with Crippen molar-refractivity contribution in [2.75, 3.05) is 10.8 Å². The van der Waals surface area contributed by atoms with Gasteiger partial charge in [0.2, 0.25) is 11.8 Å². The molecule has 1 N–H and O–H groups in total. The third kappa shape index (κ3) is 7.61. The molecule has 3 rings (SSSR count). The highest BCUT2D eigenvalue weighted by atomic mass is 35.5. The minimum atomic E-state index is -4.15. The van der Waals surface area contributed by atoms with Crippen LogP contribution in [0.2, 0.25) is 5.02 Å². The fourth-order valence-electron chi connectivity index (χ4n) is 4.40. The molecular formula is C30H36ClN3O4S. The maximum atomic E-state index is 14.1. The molecule has 0 aromatic heterocycles. The number of nitrogens with one attached hydrogen (secondary N) is 1. The van der Waals surface area contributed by atoms with Crippen molar-refractivity contribution in [1.82, 2.24) is 10.2 Å². The highest BCUT2D eigenvalue weighted by Crippen LogP contribution is 2.28. The molecule has 2 amide bonds. The number of hydrogen-bond donors (Lipinski definition) is 1. The third-order valence-electron chi connectivity index (χ3n) is 6.32. The van der Waals surface area contributed by atoms with E-state index < -0.39 is 28.5 Å². The Kier molecular flexibility index (Phi) is 10.2. The molecule has 0 aliphatic heterocycles. The molecule has 0 saturated heterocycles. The number of sulfonamides is 1. The summed E-state index contributed by atoms with van der Waals surface area (Å²) in [5, 5.41) is 3.31. The van der Waals surface area contributed by atoms with E-state index in [4.69, 9.17) is 11.6 Å². The van der Waals surface area contributed by atoms with E-state index in [1.165, 1.54) is 29.2 Å². The van der Waals surface area contributed by atoms with Gasteiger partial charge in [-0.1, -0.05) is 66.6 Å². The predicted molar refractivity (Wildman–Crippen MR) is 156 cm³/mol. The lowest BCUT2D eigenvalue weighted by Crippen LogP contribution is -2.53. The average molecular weight is 570 g/mol. The molecule has 0 aliphatic rings. The molecule has 208 valence electrons. The molecular weight excluding hydrogens is 534 g/mol. The number of nitrogens with zero attached hydrogens (tertiary/aromatic N) is 2. The Bertz CT molecular complexity index is 1410. The number of para-hydroxylation sites is 1. The topological polar surface area (TPSA) is 86.8 Å². The molecule has 0 spiro atoms. The summed E-state index contributed by atoms with van der Waals surface area (Å²) >= 11 is 6.01. The van der Waals surface area contributed by atoms with Crippen molar-refractivity contribution in [1.29, 1.82) is 0 Å². The van der Waals surface area contributed by atoms with Crippen LogP contribution in [-0.2, 0) is 26.2 Å². The van der Waals surface area contributed by atoms with Gasteiger partial charge in [0.05, 0.1) is 10.6 Å². The number of benzene rings is 3. The van der Waals surface area contributed by atoms with Crippen LogP contribution in [0, 0.1) is 13.8 Å². The Morgan fingerprint density at radius 3 is 2.21 bits per heavy atom. The van der Waals surface area contributed by atoms with Crippen molar-refractivity contribution in [2.24, 2.45) is 0 Å². The number of rotatable bonds is 11. The second-order valence-electron chi connectivity index (χ2n) is 9.85. The van der Waals surface area contributed by atoms with Gasteiger partial charge in [-0.25, -0.2) is 8.42 Å². The van der Waals surface area contributed by atoms with E-state index in [0.717, 1.165) is 15.4 Å². The van der Waals surface area contributed by atoms with Crippen molar-refractivity contribution >= 4 is 39.1 Å². The first kappa shape index (κ1) is 30.2. The van der Waals surface area contributed by atoms with Crippen molar-refractivity contribution in [2.45, 2.75) is 64.6 Å². The molecule has 3 aromatic carbocycles. The van der Waals surface area contributed by atoms with Crippen LogP contribution in [0.3, 0.4) is 0 Å². The van der Waals surface area contributed by atoms with Gasteiger partial charge < -0.3 is 10.2 Å². The Balaban J connectivity index is 2.08. The molecule has 0 bridgehead atoms. The van der Waals surface area contributed by atoms with Crippen molar-refractivity contribution in [3.05, 3.63) is 94.5 Å². The molecule has 0 radical (unpaired) electrons. The zero-order valence-electron chi connectivity index (χ0n) is 23.0. The predicted octanol–water partition coefficient (Wildman–Crippen LogP) is 5.48. The van der Waals surface area contributed by atoms with E-state index in [1.54, 1.807) is 31.2 Å². The van der Waals surface area contributed by atoms with Crippen molar-refractivity contribution in [3.8, 4) is 0 Å². The van der Waals surface area contributed by atoms with Gasteiger partial charge in [-0.2, -0.15) is 0 Å². The van der Waals surface area contributed by atoms with E-state index in [9.17, 15) is 18.0 Å². The number of aryl methyl sites for hydroxylation is 2. The van der Waals surface area contributed by atoms with Crippen LogP contribution in [0.1, 0.15) is 43.9 Å². The molecule has 0 unspecified atom stereocenters. The second-order valence-corrected chi connectivity index (χ2v) is 12.1. The summed E-state index contributed by atoms with van der Waals surface area (Å²) < 4.78 is 28.9. The lowest BCUT2D eigenvalue weighted by atomic mass is 10.1. The van der Waals surface area contributed by atoms with Gasteiger partial charge >= 0.3 is 0 Å². The number of anilines is 1. The minimum Gasteiger partial charge on any atom is -0.352 e. The summed E-state index contributed by atoms with van der Waals surface area (Å²) in [5.41, 5.74) is 2.95. The van der Waals surface area contributed by atoms with E-state index in [0.29, 0.717) is 22.7 Å². The Labute approximate surface area is 236 Å². The van der Waals surface area contributed by atoms with Gasteiger partial charge in [-0.3, -0.25) is 13.9 Å². The molecule has 0 fully saturated rings. The third-order valence-corrected chi connectivity index (χ3v) is 8.34. The fourth-order valence-corrected chi connectivity index (χ4v) is 6.00. The second kappa shape index (κ2) is 13.1. The van der Waals surface area contributed by atoms with Gasteiger partial charge in [0, 0.05) is 17.6 Å². The van der Waals surface area contributed by atoms with Gasteiger partial charge in [0.15, 0.2) is 0 Å². The van der Waals surface area contributed by atoms with E-state index in [2.05, 4.69) is 5.32 Å². The summed E-state index contributed by atoms with van der Waals surface area (Å²) in [6.07, 6.45) is 0.365. The minimum absolute atomic E-state index is 0.0118. The number of halogens is 1. The first-order valence-electron chi connectivity index (χ1n) is 12.9. The summed E-state index contributed by atoms with van der Waals surface area (Å²) in [6, 6.07) is 19.6. The fraction of sp³-hybridized carbons (Fsp3) is 0.333. The maximum Gasteiger partial charge on any atom is 0.264 e. The number of carbonyl (C=O) groups excluding carboxylic acids is 2. The molecule has 0 saturated carbocycles. The highest BCUT2D eigenvalue weighted by molar-refractivity contribution is 7.92. The lowest BCUT2D eigenvalue weighted by Gasteiger charge is -2.34. The van der Waals surface area contributed by atoms with Crippen molar-refractivity contribution < 1.29 is 18.0 Å². The van der Waals surface area contributed by atoms with Crippen LogP contribution in [0.15, 0.2) is 77.7 Å². The van der Waals surface area contributed by atoms with Crippen LogP contribution in [0.5, 0.6) is 0 Å². The smallest absolute Gasteiger partial charge is 0.264 e. The van der Waals surface area contributed by atoms with E-state index >= 15 is 0 Å². The van der Waals surface area contributed by atoms with Gasteiger partial charge in [0.25, 0.3) is 10.0 Å². The SMILES string of the molecule is CC[C@H](C(=O)NC(C)C)N(Cc1cccc(C)c1)C(=O)CN(c1ccccc1C)S(=O)(=O)c1ccc(Cl)cc1. The zero-order valence-corrected chi connectivity index (χ0v) is 24.6. The Hall–Kier alpha value is -3.36. The van der Waals surface area contributed by atoms with Crippen LogP contribution in [0.25, 0.3) is 0 Å². The first-order valence-corrected chi connectivity index (χ1v) is 14.7. The zero-order chi connectivity index (χ0) is 28.7. The van der Waals surface area contributed by atoms with Crippen LogP contribution in [0.4, 0.5) is 5.69 Å². The van der Waals surface area contributed by atoms with Crippen LogP contribution in [-0.4, -0.2) is 43.8 Å². The normalized spacial score (nSPS) is 12.2. The van der Waals surface area contributed by atoms with Crippen molar-refractivity contribution in [3.63, 3.8) is 0 Å². The van der Waals surface area contributed by atoms with Crippen LogP contribution >= 0.6 is 11.6 Å². The maximum absolute atomic E-state index is 14.1. The molecule has 3 aromatic rings. The molecule has 7 nitrogen and oxygen atoms in total. The monoisotopic (exact) mass is 569 g/mol. The number of carbonyl (C=O) groups is 2. The first-order chi connectivity index (χ1) is 18.4. The highest BCUT2D eigenvalue weighted by Gasteiger charge is 2.34. The van der Waals surface area contributed by atoms with Gasteiger partial charge in [-0.15, -0.1) is 0 Å². The standard InChI is InChI=1S/C30H36ClN3O4S/c1-6-27(30(36)32-21(2)3)33(19-24-12-9-10-22(4)18-24)29(35)20-34(28-13-8-7-11-23(28)5)39(37,38)26-16-14-25(31)15-17-26/h7-18,21,27H,6,19-20H2,1-5H3,(H,32,36)/t27-/m1/s1. The molecule has 39 heavy (non-hydrogen) atoms. The quantitative estimate of drug-likeness (QED) is 0.331. The molecule has 0 aliphatic carbocycles. The largest absolute Gasteiger partial charge is 0.352 e. The lowest BCUT2D eigenvalue weighted by molar-refractivity contribution is -0.140. The summed E-state index contributed by atoms with van der Waals surface area (Å²) in [5.74, 6) is -0.764. The summed E-state index contributed by atoms with van der Waals surface area (Å²) in [7, 11) is -4.15. The summed E-state index contributed by atoms with van der Waals surface area (Å²) in [4.78, 5) is 28.8. The Morgan fingerprint density at radius 1 is 0.949 bits per heavy atom. The summed E-state index contributed by atoms with van der Waals surface area (Å²) in [6.45, 7) is 8.98.